The highest BCUT2D eigenvalue weighted by Crippen LogP contribution is 2.38. The van der Waals surface area contributed by atoms with Crippen molar-refractivity contribution in [2.75, 3.05) is 33.5 Å². The Labute approximate surface area is 158 Å². The number of hydrogen-bond acceptors (Lipinski definition) is 5. The summed E-state index contributed by atoms with van der Waals surface area (Å²) >= 11 is 1.88. The summed E-state index contributed by atoms with van der Waals surface area (Å²) in [6, 6.07) is 8.18. The van der Waals surface area contributed by atoms with Crippen LogP contribution in [0.3, 0.4) is 0 Å². The summed E-state index contributed by atoms with van der Waals surface area (Å²) in [5.74, 6) is 1.54. The summed E-state index contributed by atoms with van der Waals surface area (Å²) in [6.45, 7) is 5.89. The number of likely N-dealkylation sites (N-methyl/N-ethyl adjacent to an activating group) is 1. The maximum absolute atomic E-state index is 12.6. The molecule has 2 aromatic rings. The molecule has 1 aromatic heterocycles. The summed E-state index contributed by atoms with van der Waals surface area (Å²) in [4.78, 5) is 19.7. The van der Waals surface area contributed by atoms with Crippen LogP contribution in [0.2, 0.25) is 0 Å². The number of nitrogens with zero attached hydrogens (tertiary/aromatic N) is 2. The highest BCUT2D eigenvalue weighted by atomic mass is 32.1. The molecule has 4 rings (SSSR count). The normalized spacial score (nSPS) is 15.2. The number of carbonyl (C=O) groups is 1. The number of aryl methyl sites for hydroxylation is 1. The zero-order valence-electron chi connectivity index (χ0n) is 15.3. The lowest BCUT2D eigenvalue weighted by atomic mass is 10.1. The number of benzene rings is 1. The number of carbonyl (C=O) groups excluding carboxylic acids is 1. The van der Waals surface area contributed by atoms with Crippen LogP contribution in [-0.4, -0.2) is 49.2 Å². The summed E-state index contributed by atoms with van der Waals surface area (Å²) in [6.07, 6.45) is 2.07. The SMILES string of the molecule is Cc1ccc(CCN(C)CCCN2Cc3cc4c(cc3C2=O)OCO4)s1. The first-order valence-electron chi connectivity index (χ1n) is 9.06. The standard InChI is InChI=1S/C20H24N2O3S/c1-14-4-5-16(26-14)6-9-21(2)7-3-8-22-12-15-10-18-19(25-13-24-18)11-17(15)20(22)23/h4-5,10-11H,3,6-9,12-13H2,1-2H3. The van der Waals surface area contributed by atoms with Gasteiger partial charge >= 0.3 is 0 Å². The van der Waals surface area contributed by atoms with Gasteiger partial charge in [0.2, 0.25) is 6.79 Å². The molecule has 0 N–H and O–H groups in total. The molecule has 2 aliphatic rings. The molecule has 138 valence electrons. The fourth-order valence-electron chi connectivity index (χ4n) is 3.51. The van der Waals surface area contributed by atoms with Crippen LogP contribution in [0.5, 0.6) is 11.5 Å². The second-order valence-electron chi connectivity index (χ2n) is 7.01. The Morgan fingerprint density at radius 3 is 2.77 bits per heavy atom. The second kappa shape index (κ2) is 7.29. The van der Waals surface area contributed by atoms with Gasteiger partial charge in [-0.1, -0.05) is 0 Å². The van der Waals surface area contributed by atoms with Crippen molar-refractivity contribution < 1.29 is 14.3 Å². The molecule has 26 heavy (non-hydrogen) atoms. The molecule has 1 amide bonds. The minimum atomic E-state index is 0.106. The third-order valence-corrected chi connectivity index (χ3v) is 6.04. The highest BCUT2D eigenvalue weighted by molar-refractivity contribution is 7.11. The van der Waals surface area contributed by atoms with Gasteiger partial charge < -0.3 is 19.3 Å². The van der Waals surface area contributed by atoms with Gasteiger partial charge in [0, 0.05) is 35.0 Å². The molecule has 0 spiro atoms. The molecular weight excluding hydrogens is 348 g/mol. The fraction of sp³-hybridized carbons (Fsp3) is 0.450. The molecule has 0 radical (unpaired) electrons. The van der Waals surface area contributed by atoms with Crippen molar-refractivity contribution in [1.29, 1.82) is 0 Å². The Morgan fingerprint density at radius 2 is 2.00 bits per heavy atom. The highest BCUT2D eigenvalue weighted by Gasteiger charge is 2.30. The van der Waals surface area contributed by atoms with Gasteiger partial charge in [-0.05, 0) is 63.2 Å². The van der Waals surface area contributed by atoms with E-state index in [0.717, 1.165) is 49.4 Å². The monoisotopic (exact) mass is 372 g/mol. The molecule has 0 aliphatic carbocycles. The summed E-state index contributed by atoms with van der Waals surface area (Å²) in [5, 5.41) is 0. The van der Waals surface area contributed by atoms with Crippen LogP contribution in [0, 0.1) is 6.92 Å². The third kappa shape index (κ3) is 3.57. The van der Waals surface area contributed by atoms with Gasteiger partial charge in [-0.15, -0.1) is 11.3 Å². The Balaban J connectivity index is 1.24. The van der Waals surface area contributed by atoms with Gasteiger partial charge in [0.1, 0.15) is 0 Å². The third-order valence-electron chi connectivity index (χ3n) is 4.98. The first-order valence-corrected chi connectivity index (χ1v) is 9.87. The van der Waals surface area contributed by atoms with Crippen molar-refractivity contribution in [1.82, 2.24) is 9.80 Å². The van der Waals surface area contributed by atoms with Crippen LogP contribution < -0.4 is 9.47 Å². The van der Waals surface area contributed by atoms with Crippen molar-refractivity contribution in [3.05, 3.63) is 45.1 Å². The van der Waals surface area contributed by atoms with Gasteiger partial charge in [-0.3, -0.25) is 4.79 Å². The summed E-state index contributed by atoms with van der Waals surface area (Å²) in [7, 11) is 2.15. The molecule has 3 heterocycles. The van der Waals surface area contributed by atoms with E-state index in [4.69, 9.17) is 9.47 Å². The van der Waals surface area contributed by atoms with Gasteiger partial charge in [-0.25, -0.2) is 0 Å². The lowest BCUT2D eigenvalue weighted by molar-refractivity contribution is 0.0771. The molecule has 0 unspecified atom stereocenters. The zero-order chi connectivity index (χ0) is 18.1. The van der Waals surface area contributed by atoms with Crippen LogP contribution in [0.1, 0.15) is 32.1 Å². The molecule has 0 saturated carbocycles. The number of amides is 1. The Morgan fingerprint density at radius 1 is 1.19 bits per heavy atom. The van der Waals surface area contributed by atoms with Crippen LogP contribution >= 0.6 is 11.3 Å². The van der Waals surface area contributed by atoms with E-state index >= 15 is 0 Å². The van der Waals surface area contributed by atoms with Gasteiger partial charge in [0.25, 0.3) is 5.91 Å². The molecular formula is C20H24N2O3S. The van der Waals surface area contributed by atoms with E-state index in [-0.39, 0.29) is 12.7 Å². The molecule has 5 nitrogen and oxygen atoms in total. The van der Waals surface area contributed by atoms with E-state index in [1.54, 1.807) is 0 Å². The smallest absolute Gasteiger partial charge is 0.254 e. The summed E-state index contributed by atoms with van der Waals surface area (Å²) in [5.41, 5.74) is 1.80. The van der Waals surface area contributed by atoms with Crippen molar-refractivity contribution >= 4 is 17.2 Å². The van der Waals surface area contributed by atoms with Crippen molar-refractivity contribution in [2.24, 2.45) is 0 Å². The van der Waals surface area contributed by atoms with Crippen molar-refractivity contribution in [3.8, 4) is 11.5 Å². The van der Waals surface area contributed by atoms with E-state index in [1.807, 2.05) is 28.4 Å². The number of rotatable bonds is 7. The zero-order valence-corrected chi connectivity index (χ0v) is 16.1. The van der Waals surface area contributed by atoms with Crippen LogP contribution in [0.25, 0.3) is 0 Å². The lowest BCUT2D eigenvalue weighted by Gasteiger charge is -2.19. The molecule has 0 saturated heterocycles. The molecule has 0 fully saturated rings. The van der Waals surface area contributed by atoms with Crippen molar-refractivity contribution in [2.45, 2.75) is 26.3 Å². The second-order valence-corrected chi connectivity index (χ2v) is 8.38. The van der Waals surface area contributed by atoms with E-state index in [1.165, 1.54) is 9.75 Å². The van der Waals surface area contributed by atoms with Gasteiger partial charge in [0.15, 0.2) is 11.5 Å². The molecule has 6 heteroatoms. The predicted octanol–water partition coefficient (Wildman–Crippen LogP) is 3.31. The number of thiophene rings is 1. The van der Waals surface area contributed by atoms with Gasteiger partial charge in [-0.2, -0.15) is 0 Å². The number of ether oxygens (including phenoxy) is 2. The molecule has 0 atom stereocenters. The first kappa shape index (κ1) is 17.4. The van der Waals surface area contributed by atoms with E-state index < -0.39 is 0 Å². The van der Waals surface area contributed by atoms with Crippen molar-refractivity contribution in [3.63, 3.8) is 0 Å². The minimum absolute atomic E-state index is 0.106. The molecule has 2 aliphatic heterocycles. The van der Waals surface area contributed by atoms with Gasteiger partial charge in [0.05, 0.1) is 0 Å². The first-order chi connectivity index (χ1) is 12.6. The van der Waals surface area contributed by atoms with Crippen LogP contribution in [0.4, 0.5) is 0 Å². The predicted molar refractivity (Wildman–Crippen MR) is 102 cm³/mol. The summed E-state index contributed by atoms with van der Waals surface area (Å²) < 4.78 is 10.8. The number of fused-ring (bicyclic) bond motifs is 2. The fourth-order valence-corrected chi connectivity index (χ4v) is 4.39. The Hall–Kier alpha value is -2.05. The topological polar surface area (TPSA) is 42.0 Å². The quantitative estimate of drug-likeness (QED) is 0.748. The maximum atomic E-state index is 12.6. The van der Waals surface area contributed by atoms with Crippen LogP contribution in [-0.2, 0) is 13.0 Å². The average Bonchev–Trinajstić information content (AvgIpc) is 3.32. The van der Waals surface area contributed by atoms with Crippen LogP contribution in [0.15, 0.2) is 24.3 Å². The van der Waals surface area contributed by atoms with E-state index in [0.29, 0.717) is 12.3 Å². The largest absolute Gasteiger partial charge is 0.454 e. The maximum Gasteiger partial charge on any atom is 0.254 e. The Bertz CT molecular complexity index is 817. The molecule has 1 aromatic carbocycles. The van der Waals surface area contributed by atoms with E-state index in [2.05, 4.69) is 31.0 Å². The minimum Gasteiger partial charge on any atom is -0.454 e. The van der Waals surface area contributed by atoms with E-state index in [9.17, 15) is 4.79 Å². The number of hydrogen-bond donors (Lipinski definition) is 0. The molecule has 0 bridgehead atoms. The lowest BCUT2D eigenvalue weighted by Crippen LogP contribution is -2.29. The Kier molecular flexibility index (Phi) is 4.87. The average molecular weight is 372 g/mol.